The second kappa shape index (κ2) is 8.45. The van der Waals surface area contributed by atoms with Crippen molar-refractivity contribution in [2.45, 2.75) is 18.9 Å². The molecule has 1 aliphatic rings. The number of anilines is 3. The Hall–Kier alpha value is -4.08. The van der Waals surface area contributed by atoms with Gasteiger partial charge in [-0.15, -0.1) is 5.10 Å². The smallest absolute Gasteiger partial charge is 0.324 e. The Morgan fingerprint density at radius 3 is 2.58 bits per heavy atom. The molecule has 0 spiro atoms. The molecule has 0 bridgehead atoms. The average molecular weight is 452 g/mol. The summed E-state index contributed by atoms with van der Waals surface area (Å²) in [4.78, 5) is 18.5. The number of nitrogens with one attached hydrogen (secondary N) is 2. The molecular formula is C23H19F3N6O. The Balaban J connectivity index is 1.40. The number of fused-ring (bicyclic) bond motifs is 1. The molecule has 1 saturated heterocycles. The van der Waals surface area contributed by atoms with Crippen molar-refractivity contribution < 1.29 is 18.0 Å². The van der Waals surface area contributed by atoms with Gasteiger partial charge in [-0.3, -0.25) is 5.32 Å². The third-order valence-corrected chi connectivity index (χ3v) is 5.56. The first-order chi connectivity index (χ1) is 16.0. The summed E-state index contributed by atoms with van der Waals surface area (Å²) in [6.45, 7) is 0.627. The summed E-state index contributed by atoms with van der Waals surface area (Å²) >= 11 is 0. The molecule has 2 amide bonds. The van der Waals surface area contributed by atoms with E-state index in [2.05, 4.69) is 20.7 Å². The number of halogens is 3. The molecule has 0 unspecified atom stereocenters. The predicted molar refractivity (Wildman–Crippen MR) is 118 cm³/mol. The predicted octanol–water partition coefficient (Wildman–Crippen LogP) is 5.13. The highest BCUT2D eigenvalue weighted by atomic mass is 19.1. The molecule has 0 aliphatic carbocycles. The molecule has 33 heavy (non-hydrogen) atoms. The number of aromatic nitrogens is 3. The molecule has 4 aromatic rings. The highest BCUT2D eigenvalue weighted by molar-refractivity contribution is 5.99. The largest absolute Gasteiger partial charge is 0.348 e. The van der Waals surface area contributed by atoms with Crippen LogP contribution in [0.2, 0.25) is 0 Å². The van der Waals surface area contributed by atoms with E-state index in [1.54, 1.807) is 12.1 Å². The minimum Gasteiger partial charge on any atom is -0.348 e. The fourth-order valence-electron chi connectivity index (χ4n) is 4.05. The van der Waals surface area contributed by atoms with E-state index >= 15 is 0 Å². The van der Waals surface area contributed by atoms with E-state index in [1.165, 1.54) is 41.0 Å². The van der Waals surface area contributed by atoms with Crippen molar-refractivity contribution in [3.63, 3.8) is 0 Å². The van der Waals surface area contributed by atoms with E-state index in [9.17, 15) is 18.0 Å². The molecule has 3 heterocycles. The molecule has 10 heteroatoms. The lowest BCUT2D eigenvalue weighted by Crippen LogP contribution is -2.25. The molecule has 5 rings (SSSR count). The van der Waals surface area contributed by atoms with E-state index in [1.807, 2.05) is 4.90 Å². The number of hydrogen-bond acceptors (Lipinski definition) is 4. The summed E-state index contributed by atoms with van der Waals surface area (Å²) in [6.07, 6.45) is 2.93. The number of urea groups is 1. The van der Waals surface area contributed by atoms with Gasteiger partial charge in [0.05, 0.1) is 12.2 Å². The van der Waals surface area contributed by atoms with Gasteiger partial charge >= 0.3 is 6.03 Å². The third kappa shape index (κ3) is 4.19. The van der Waals surface area contributed by atoms with Crippen LogP contribution >= 0.6 is 0 Å². The van der Waals surface area contributed by atoms with Crippen molar-refractivity contribution in [2.75, 3.05) is 22.1 Å². The van der Waals surface area contributed by atoms with Crippen molar-refractivity contribution in [1.82, 2.24) is 14.6 Å². The maximum Gasteiger partial charge on any atom is 0.324 e. The van der Waals surface area contributed by atoms with Crippen molar-refractivity contribution in [1.29, 1.82) is 0 Å². The van der Waals surface area contributed by atoms with Crippen LogP contribution in [0.1, 0.15) is 24.4 Å². The number of imidazole rings is 1. The average Bonchev–Trinajstić information content (AvgIpc) is 3.44. The minimum atomic E-state index is -0.545. The van der Waals surface area contributed by atoms with Gasteiger partial charge < -0.3 is 10.2 Å². The fraction of sp³-hybridized carbons (Fsp3) is 0.174. The zero-order chi connectivity index (χ0) is 22.9. The van der Waals surface area contributed by atoms with Crippen molar-refractivity contribution in [2.24, 2.45) is 0 Å². The van der Waals surface area contributed by atoms with E-state index in [0.29, 0.717) is 35.9 Å². The normalized spacial score (nSPS) is 15.7. The summed E-state index contributed by atoms with van der Waals surface area (Å²) < 4.78 is 42.7. The lowest BCUT2D eigenvalue weighted by Gasteiger charge is -2.26. The Morgan fingerprint density at radius 1 is 0.970 bits per heavy atom. The van der Waals surface area contributed by atoms with Crippen LogP contribution < -0.4 is 15.5 Å². The first kappa shape index (κ1) is 20.8. The molecule has 1 fully saturated rings. The van der Waals surface area contributed by atoms with E-state index in [-0.39, 0.29) is 11.6 Å². The molecule has 2 aromatic carbocycles. The Kier molecular flexibility index (Phi) is 5.33. The van der Waals surface area contributed by atoms with Crippen molar-refractivity contribution in [3.8, 4) is 0 Å². The summed E-state index contributed by atoms with van der Waals surface area (Å²) in [6, 6.07) is 11.4. The van der Waals surface area contributed by atoms with E-state index < -0.39 is 23.5 Å². The van der Waals surface area contributed by atoms with Crippen LogP contribution in [-0.2, 0) is 0 Å². The van der Waals surface area contributed by atoms with Crippen LogP contribution in [0.15, 0.2) is 60.8 Å². The lowest BCUT2D eigenvalue weighted by molar-refractivity contribution is 0.262. The minimum absolute atomic E-state index is 0.289. The van der Waals surface area contributed by atoms with E-state index in [0.717, 1.165) is 18.6 Å². The first-order valence-corrected chi connectivity index (χ1v) is 10.4. The summed E-state index contributed by atoms with van der Waals surface area (Å²) in [5.41, 5.74) is 1.22. The van der Waals surface area contributed by atoms with Gasteiger partial charge in [-0.05, 0) is 67.4 Å². The van der Waals surface area contributed by atoms with Gasteiger partial charge in [0, 0.05) is 17.8 Å². The molecule has 7 nitrogen and oxygen atoms in total. The molecule has 2 N–H and O–H groups in total. The number of benzene rings is 2. The monoisotopic (exact) mass is 452 g/mol. The second-order valence-electron chi connectivity index (χ2n) is 7.71. The lowest BCUT2D eigenvalue weighted by atomic mass is 10.0. The Labute approximate surface area is 186 Å². The molecule has 1 aliphatic heterocycles. The number of rotatable bonds is 4. The van der Waals surface area contributed by atoms with Crippen LogP contribution in [-0.4, -0.2) is 27.2 Å². The van der Waals surface area contributed by atoms with Crippen LogP contribution in [0.5, 0.6) is 0 Å². The Morgan fingerprint density at radius 2 is 1.76 bits per heavy atom. The van der Waals surface area contributed by atoms with Crippen LogP contribution in [0.4, 0.5) is 35.3 Å². The van der Waals surface area contributed by atoms with Gasteiger partial charge in [0.15, 0.2) is 11.5 Å². The van der Waals surface area contributed by atoms with Crippen molar-refractivity contribution in [3.05, 3.63) is 83.8 Å². The number of carbonyl (C=O) groups excluding carboxylic acids is 1. The highest BCUT2D eigenvalue weighted by Crippen LogP contribution is 2.36. The SMILES string of the molecule is O=C(Nc1ccc(F)cc1)Nc1cnc2ccc(N3CCC[C@@H]3c3cc(F)ccc3F)nn12. The van der Waals surface area contributed by atoms with Gasteiger partial charge in [-0.25, -0.2) is 22.9 Å². The quantitative estimate of drug-likeness (QED) is 0.450. The number of carbonyl (C=O) groups is 1. The Bertz CT molecular complexity index is 1320. The summed E-state index contributed by atoms with van der Waals surface area (Å²) in [5, 5.41) is 9.87. The molecule has 0 radical (unpaired) electrons. The third-order valence-electron chi connectivity index (χ3n) is 5.56. The molecule has 168 valence electrons. The summed E-state index contributed by atoms with van der Waals surface area (Å²) in [5.74, 6) is -0.489. The highest BCUT2D eigenvalue weighted by Gasteiger charge is 2.30. The van der Waals surface area contributed by atoms with Crippen molar-refractivity contribution >= 4 is 29.0 Å². The van der Waals surface area contributed by atoms with Crippen LogP contribution in [0, 0.1) is 17.5 Å². The van der Waals surface area contributed by atoms with Gasteiger partial charge in [-0.2, -0.15) is 4.52 Å². The standard InChI is InChI=1S/C23H19F3N6O/c24-14-3-6-16(7-4-14)28-23(33)29-22-13-27-20-9-10-21(30-32(20)22)31-11-1-2-19(31)17-12-15(25)5-8-18(17)26/h3-10,12-13,19H,1-2,11H2,(H2,28,29,33)/t19-/m1/s1. The molecular weight excluding hydrogens is 433 g/mol. The van der Waals surface area contributed by atoms with Crippen LogP contribution in [0.3, 0.4) is 0 Å². The molecule has 0 saturated carbocycles. The second-order valence-corrected chi connectivity index (χ2v) is 7.71. The van der Waals surface area contributed by atoms with E-state index in [4.69, 9.17) is 0 Å². The molecule has 2 aromatic heterocycles. The fourth-order valence-corrected chi connectivity index (χ4v) is 4.05. The zero-order valence-corrected chi connectivity index (χ0v) is 17.3. The van der Waals surface area contributed by atoms with Gasteiger partial charge in [-0.1, -0.05) is 0 Å². The van der Waals surface area contributed by atoms with Gasteiger partial charge in [0.1, 0.15) is 23.3 Å². The first-order valence-electron chi connectivity index (χ1n) is 10.4. The molecule has 1 atom stereocenters. The number of hydrogen-bond donors (Lipinski definition) is 2. The maximum absolute atomic E-state index is 14.4. The number of nitrogens with zero attached hydrogens (tertiary/aromatic N) is 4. The maximum atomic E-state index is 14.4. The van der Waals surface area contributed by atoms with Gasteiger partial charge in [0.2, 0.25) is 0 Å². The topological polar surface area (TPSA) is 74.6 Å². The zero-order valence-electron chi connectivity index (χ0n) is 17.3. The summed E-state index contributed by atoms with van der Waals surface area (Å²) in [7, 11) is 0. The number of amides is 2. The van der Waals surface area contributed by atoms with Crippen LogP contribution in [0.25, 0.3) is 5.65 Å². The van der Waals surface area contributed by atoms with Gasteiger partial charge in [0.25, 0.3) is 0 Å².